The highest BCUT2D eigenvalue weighted by atomic mass is 79.9. The van der Waals surface area contributed by atoms with Crippen molar-refractivity contribution in [2.24, 2.45) is 0 Å². The second-order valence-electron chi connectivity index (χ2n) is 2.96. The Labute approximate surface area is 108 Å². The molecule has 1 heterocycles. The quantitative estimate of drug-likeness (QED) is 0.859. The lowest BCUT2D eigenvalue weighted by molar-refractivity contribution is -0.118. The molecule has 0 aliphatic rings. The number of nitrogens with one attached hydrogen (secondary N) is 1. The summed E-state index contributed by atoms with van der Waals surface area (Å²) in [5, 5.41) is 3.08. The highest BCUT2D eigenvalue weighted by Gasteiger charge is 2.16. The van der Waals surface area contributed by atoms with Gasteiger partial charge in [-0.3, -0.25) is 4.79 Å². The first-order chi connectivity index (χ1) is 7.58. The number of halogens is 3. The van der Waals surface area contributed by atoms with E-state index in [2.05, 4.69) is 25.6 Å². The molecule has 84 valence electrons. The minimum absolute atomic E-state index is 0.328. The van der Waals surface area contributed by atoms with Crippen LogP contribution in [0.4, 0.5) is 10.2 Å². The van der Waals surface area contributed by atoms with Crippen molar-refractivity contribution >= 4 is 60.9 Å². The van der Waals surface area contributed by atoms with Crippen LogP contribution in [-0.2, 0) is 4.79 Å². The second kappa shape index (κ2) is 4.65. The first-order valence-corrected chi connectivity index (χ1v) is 6.22. The molecule has 2 rings (SSSR count). The summed E-state index contributed by atoms with van der Waals surface area (Å²) in [4.78, 5) is 11.1. The monoisotopic (exact) mass is 322 g/mol. The number of benzene rings is 1. The van der Waals surface area contributed by atoms with Crippen molar-refractivity contribution in [3.63, 3.8) is 0 Å². The van der Waals surface area contributed by atoms with Gasteiger partial charge in [0.25, 0.3) is 11.5 Å². The lowest BCUT2D eigenvalue weighted by Crippen LogP contribution is -2.19. The third kappa shape index (κ3) is 2.34. The molecule has 2 aromatic rings. The minimum atomic E-state index is -2.07. The van der Waals surface area contributed by atoms with E-state index in [0.717, 1.165) is 14.6 Å². The van der Waals surface area contributed by atoms with E-state index in [-0.39, 0.29) is 0 Å². The predicted octanol–water partition coefficient (Wildman–Crippen LogP) is 3.53. The molecule has 1 N–H and O–H groups in total. The van der Waals surface area contributed by atoms with E-state index in [1.54, 1.807) is 6.07 Å². The molecule has 16 heavy (non-hydrogen) atoms. The summed E-state index contributed by atoms with van der Waals surface area (Å²) in [6, 6.07) is 5.53. The Morgan fingerprint density at radius 2 is 2.38 bits per heavy atom. The van der Waals surface area contributed by atoms with Crippen LogP contribution in [0.1, 0.15) is 0 Å². The third-order valence-corrected chi connectivity index (χ3v) is 3.39. The second-order valence-corrected chi connectivity index (χ2v) is 5.07. The van der Waals surface area contributed by atoms with Gasteiger partial charge in [0.15, 0.2) is 5.82 Å². The Morgan fingerprint density at radius 1 is 1.62 bits per heavy atom. The maximum atomic E-state index is 12.5. The van der Waals surface area contributed by atoms with Crippen LogP contribution in [-0.4, -0.2) is 15.9 Å². The van der Waals surface area contributed by atoms with Crippen molar-refractivity contribution in [3.8, 4) is 0 Å². The maximum absolute atomic E-state index is 12.5. The number of carbonyl (C=O) groups excluding carboxylic acids is 1. The standard InChI is InChI=1S/C9H5BrClFN2OS/c10-4-1-2-6-5(3-4)8(14-16-6)13-9(15)7(11)12/h1-3,7H,(H,13,14,15). The van der Waals surface area contributed by atoms with E-state index in [1.165, 1.54) is 11.5 Å². The Hall–Kier alpha value is -0.720. The van der Waals surface area contributed by atoms with Crippen LogP contribution in [0.3, 0.4) is 0 Å². The predicted molar refractivity (Wildman–Crippen MR) is 66.7 cm³/mol. The van der Waals surface area contributed by atoms with Crippen molar-refractivity contribution in [2.45, 2.75) is 5.63 Å². The highest BCUT2D eigenvalue weighted by Crippen LogP contribution is 2.29. The van der Waals surface area contributed by atoms with E-state index >= 15 is 0 Å². The SMILES string of the molecule is O=C(Nc1nsc2ccc(Br)cc12)C(F)Cl. The average molecular weight is 324 g/mol. The molecule has 1 amide bonds. The number of hydrogen-bond donors (Lipinski definition) is 1. The molecule has 7 heteroatoms. The molecule has 0 saturated carbocycles. The van der Waals surface area contributed by atoms with E-state index in [0.29, 0.717) is 5.82 Å². The van der Waals surface area contributed by atoms with Gasteiger partial charge < -0.3 is 5.32 Å². The van der Waals surface area contributed by atoms with Gasteiger partial charge in [0.2, 0.25) is 0 Å². The summed E-state index contributed by atoms with van der Waals surface area (Å²) in [6.45, 7) is 0. The lowest BCUT2D eigenvalue weighted by Gasteiger charge is -2.01. The Morgan fingerprint density at radius 3 is 3.06 bits per heavy atom. The van der Waals surface area contributed by atoms with E-state index < -0.39 is 11.5 Å². The fraction of sp³-hybridized carbons (Fsp3) is 0.111. The normalized spacial score (nSPS) is 12.7. The van der Waals surface area contributed by atoms with Crippen LogP contribution < -0.4 is 5.32 Å². The van der Waals surface area contributed by atoms with Crippen molar-refractivity contribution in [2.75, 3.05) is 5.32 Å². The zero-order valence-corrected chi connectivity index (χ0v) is 10.9. The molecule has 0 aliphatic carbocycles. The molecule has 0 saturated heterocycles. The summed E-state index contributed by atoms with van der Waals surface area (Å²) in [6.07, 6.45) is 0. The summed E-state index contributed by atoms with van der Waals surface area (Å²) < 4.78 is 18.3. The molecule has 1 unspecified atom stereocenters. The Kier molecular flexibility index (Phi) is 3.41. The Balaban J connectivity index is 2.38. The smallest absolute Gasteiger partial charge is 0.275 e. The van der Waals surface area contributed by atoms with Crippen LogP contribution in [0.15, 0.2) is 22.7 Å². The number of rotatable bonds is 2. The lowest BCUT2D eigenvalue weighted by atomic mass is 10.2. The summed E-state index contributed by atoms with van der Waals surface area (Å²) in [7, 11) is 0. The van der Waals surface area contributed by atoms with Gasteiger partial charge in [-0.15, -0.1) is 0 Å². The van der Waals surface area contributed by atoms with E-state index in [4.69, 9.17) is 11.6 Å². The average Bonchev–Trinajstić information content (AvgIpc) is 2.61. The molecule has 0 aliphatic heterocycles. The van der Waals surface area contributed by atoms with Gasteiger partial charge in [0.1, 0.15) is 0 Å². The summed E-state index contributed by atoms with van der Waals surface area (Å²) in [5.41, 5.74) is -2.07. The van der Waals surface area contributed by atoms with E-state index in [1.807, 2.05) is 12.1 Å². The molecular weight excluding hydrogens is 319 g/mol. The van der Waals surface area contributed by atoms with Crippen LogP contribution in [0.5, 0.6) is 0 Å². The fourth-order valence-corrected chi connectivity index (χ4v) is 2.30. The largest absolute Gasteiger partial charge is 0.306 e. The van der Waals surface area contributed by atoms with E-state index in [9.17, 15) is 9.18 Å². The number of alkyl halides is 2. The van der Waals surface area contributed by atoms with Crippen LogP contribution in [0.2, 0.25) is 0 Å². The van der Waals surface area contributed by atoms with Crippen LogP contribution >= 0.6 is 39.1 Å². The topological polar surface area (TPSA) is 42.0 Å². The van der Waals surface area contributed by atoms with Crippen molar-refractivity contribution in [3.05, 3.63) is 22.7 Å². The number of nitrogens with zero attached hydrogens (tertiary/aromatic N) is 1. The number of amides is 1. The number of carbonyl (C=O) groups is 1. The zero-order chi connectivity index (χ0) is 11.7. The summed E-state index contributed by atoms with van der Waals surface area (Å²) >= 11 is 9.55. The zero-order valence-electron chi connectivity index (χ0n) is 7.71. The van der Waals surface area contributed by atoms with Gasteiger partial charge in [-0.25, -0.2) is 4.39 Å². The number of hydrogen-bond acceptors (Lipinski definition) is 3. The van der Waals surface area contributed by atoms with Gasteiger partial charge in [-0.05, 0) is 29.7 Å². The number of fused-ring (bicyclic) bond motifs is 1. The van der Waals surface area contributed by atoms with Gasteiger partial charge in [-0.1, -0.05) is 27.5 Å². The highest BCUT2D eigenvalue weighted by molar-refractivity contribution is 9.10. The molecule has 0 bridgehead atoms. The van der Waals surface area contributed by atoms with Gasteiger partial charge in [0, 0.05) is 9.86 Å². The Bertz CT molecular complexity index is 545. The third-order valence-electron chi connectivity index (χ3n) is 1.87. The maximum Gasteiger partial charge on any atom is 0.275 e. The molecule has 0 radical (unpaired) electrons. The molecule has 1 aromatic heterocycles. The molecule has 0 fully saturated rings. The molecule has 0 spiro atoms. The minimum Gasteiger partial charge on any atom is -0.306 e. The van der Waals surface area contributed by atoms with Gasteiger partial charge in [0.05, 0.1) is 4.70 Å². The molecule has 1 aromatic carbocycles. The van der Waals surface area contributed by atoms with Crippen molar-refractivity contribution in [1.29, 1.82) is 0 Å². The molecule has 1 atom stereocenters. The first-order valence-electron chi connectivity index (χ1n) is 4.22. The van der Waals surface area contributed by atoms with Gasteiger partial charge in [-0.2, -0.15) is 4.37 Å². The van der Waals surface area contributed by atoms with Gasteiger partial charge >= 0.3 is 0 Å². The van der Waals surface area contributed by atoms with Crippen LogP contribution in [0.25, 0.3) is 10.1 Å². The van der Waals surface area contributed by atoms with Crippen molar-refractivity contribution in [1.82, 2.24) is 4.37 Å². The number of anilines is 1. The molecule has 3 nitrogen and oxygen atoms in total. The number of aromatic nitrogens is 1. The fourth-order valence-electron chi connectivity index (χ4n) is 1.17. The molecular formula is C9H5BrClFN2OS. The first kappa shape index (κ1) is 11.8. The van der Waals surface area contributed by atoms with Crippen LogP contribution in [0, 0.1) is 0 Å². The summed E-state index contributed by atoms with van der Waals surface area (Å²) in [5.74, 6) is -0.580. The van der Waals surface area contributed by atoms with Crippen molar-refractivity contribution < 1.29 is 9.18 Å².